The summed E-state index contributed by atoms with van der Waals surface area (Å²) < 4.78 is 15.2. The molecule has 2 aromatic heterocycles. The number of aromatic nitrogens is 3. The minimum Gasteiger partial charge on any atom is -0.353 e. The van der Waals surface area contributed by atoms with E-state index in [-0.39, 0.29) is 11.7 Å². The van der Waals surface area contributed by atoms with E-state index < -0.39 is 0 Å². The number of fused-ring (bicyclic) bond motifs is 1. The lowest BCUT2D eigenvalue weighted by Crippen LogP contribution is -2.49. The van der Waals surface area contributed by atoms with E-state index in [1.807, 2.05) is 46.0 Å². The van der Waals surface area contributed by atoms with Crippen molar-refractivity contribution in [2.45, 2.75) is 6.54 Å². The molecule has 4 aromatic rings. The lowest BCUT2D eigenvalue weighted by atomic mass is 10.1. The van der Waals surface area contributed by atoms with Crippen LogP contribution in [0.15, 0.2) is 73.2 Å². The van der Waals surface area contributed by atoms with E-state index in [1.54, 1.807) is 12.1 Å². The van der Waals surface area contributed by atoms with E-state index in [9.17, 15) is 9.18 Å². The molecule has 2 aromatic carbocycles. The van der Waals surface area contributed by atoms with Crippen molar-refractivity contribution >= 4 is 22.6 Å². The quantitative estimate of drug-likeness (QED) is 0.511. The number of nitrogens with zero attached hydrogens (tertiary/aromatic N) is 5. The van der Waals surface area contributed by atoms with Crippen LogP contribution in [0.25, 0.3) is 22.2 Å². The molecule has 0 atom stereocenters. The van der Waals surface area contributed by atoms with Crippen LogP contribution in [0, 0.1) is 5.82 Å². The second kappa shape index (κ2) is 8.18. The summed E-state index contributed by atoms with van der Waals surface area (Å²) in [7, 11) is 0. The standard InChI is InChI=1S/C24H22FN5O/c25-20-7-5-18(6-8-20)21-15-23(27-17-26-21)28-11-13-29(14-12-28)24(31)16-30-10-9-19-3-1-2-4-22(19)30/h1-10,15,17H,11-14,16H2. The zero-order chi connectivity index (χ0) is 21.2. The predicted molar refractivity (Wildman–Crippen MR) is 118 cm³/mol. The van der Waals surface area contributed by atoms with E-state index in [1.165, 1.54) is 18.5 Å². The first-order valence-corrected chi connectivity index (χ1v) is 10.3. The predicted octanol–water partition coefficient (Wildman–Crippen LogP) is 3.59. The fourth-order valence-electron chi connectivity index (χ4n) is 4.01. The van der Waals surface area contributed by atoms with Gasteiger partial charge in [-0.2, -0.15) is 0 Å². The summed E-state index contributed by atoms with van der Waals surface area (Å²) in [5, 5.41) is 1.14. The topological polar surface area (TPSA) is 54.3 Å². The van der Waals surface area contributed by atoms with E-state index >= 15 is 0 Å². The molecular weight excluding hydrogens is 393 g/mol. The molecule has 1 amide bonds. The van der Waals surface area contributed by atoms with Crippen molar-refractivity contribution < 1.29 is 9.18 Å². The van der Waals surface area contributed by atoms with Gasteiger partial charge in [-0.15, -0.1) is 0 Å². The number of halogens is 1. The number of benzene rings is 2. The van der Waals surface area contributed by atoms with Gasteiger partial charge in [0.1, 0.15) is 24.5 Å². The Hall–Kier alpha value is -3.74. The molecule has 0 N–H and O–H groups in total. The second-order valence-corrected chi connectivity index (χ2v) is 7.64. The Morgan fingerprint density at radius 2 is 1.71 bits per heavy atom. The van der Waals surface area contributed by atoms with Crippen molar-refractivity contribution in [2.75, 3.05) is 31.1 Å². The van der Waals surface area contributed by atoms with Crippen LogP contribution in [-0.2, 0) is 11.3 Å². The van der Waals surface area contributed by atoms with Gasteiger partial charge in [0.15, 0.2) is 0 Å². The first-order chi connectivity index (χ1) is 15.2. The maximum atomic E-state index is 13.2. The molecule has 0 radical (unpaired) electrons. The van der Waals surface area contributed by atoms with Crippen LogP contribution in [0.4, 0.5) is 10.2 Å². The Kier molecular flexibility index (Phi) is 5.08. The molecule has 5 rings (SSSR count). The van der Waals surface area contributed by atoms with Crippen molar-refractivity contribution in [1.82, 2.24) is 19.4 Å². The van der Waals surface area contributed by atoms with Gasteiger partial charge >= 0.3 is 0 Å². The summed E-state index contributed by atoms with van der Waals surface area (Å²) in [5.41, 5.74) is 2.67. The zero-order valence-electron chi connectivity index (χ0n) is 17.0. The molecule has 1 saturated heterocycles. The highest BCUT2D eigenvalue weighted by atomic mass is 19.1. The zero-order valence-corrected chi connectivity index (χ0v) is 17.0. The van der Waals surface area contributed by atoms with Crippen LogP contribution in [-0.4, -0.2) is 51.5 Å². The molecule has 7 heteroatoms. The Morgan fingerprint density at radius 1 is 0.935 bits per heavy atom. The SMILES string of the molecule is O=C(Cn1ccc2ccccc21)N1CCN(c2cc(-c3ccc(F)cc3)ncn2)CC1. The summed E-state index contributed by atoms with van der Waals surface area (Å²) in [6.07, 6.45) is 3.50. The molecule has 3 heterocycles. The minimum absolute atomic E-state index is 0.121. The van der Waals surface area contributed by atoms with Gasteiger partial charge in [-0.1, -0.05) is 18.2 Å². The number of para-hydroxylation sites is 1. The average Bonchev–Trinajstić information content (AvgIpc) is 3.22. The number of carbonyl (C=O) groups excluding carboxylic acids is 1. The first-order valence-electron chi connectivity index (χ1n) is 10.3. The van der Waals surface area contributed by atoms with Crippen molar-refractivity contribution in [3.63, 3.8) is 0 Å². The van der Waals surface area contributed by atoms with Crippen LogP contribution in [0.2, 0.25) is 0 Å². The van der Waals surface area contributed by atoms with Crippen molar-refractivity contribution in [1.29, 1.82) is 0 Å². The van der Waals surface area contributed by atoms with Crippen LogP contribution in [0.5, 0.6) is 0 Å². The van der Waals surface area contributed by atoms with Crippen molar-refractivity contribution in [3.05, 3.63) is 79.0 Å². The fraction of sp³-hybridized carbons (Fsp3) is 0.208. The largest absolute Gasteiger partial charge is 0.353 e. The van der Waals surface area contributed by atoms with Crippen LogP contribution in [0.1, 0.15) is 0 Å². The van der Waals surface area contributed by atoms with E-state index in [2.05, 4.69) is 20.9 Å². The first kappa shape index (κ1) is 19.2. The lowest BCUT2D eigenvalue weighted by Gasteiger charge is -2.35. The Morgan fingerprint density at radius 3 is 2.52 bits per heavy atom. The van der Waals surface area contributed by atoms with Gasteiger partial charge in [0.2, 0.25) is 5.91 Å². The summed E-state index contributed by atoms with van der Waals surface area (Å²) in [6.45, 7) is 3.05. The highest BCUT2D eigenvalue weighted by Crippen LogP contribution is 2.22. The Balaban J connectivity index is 1.23. The Labute approximate surface area is 179 Å². The normalized spacial score (nSPS) is 14.2. The third-order valence-electron chi connectivity index (χ3n) is 5.73. The van der Waals surface area contributed by atoms with Gasteiger partial charge in [-0.25, -0.2) is 14.4 Å². The highest BCUT2D eigenvalue weighted by molar-refractivity contribution is 5.83. The third-order valence-corrected chi connectivity index (χ3v) is 5.73. The van der Waals surface area contributed by atoms with Gasteiger partial charge in [-0.05, 0) is 41.8 Å². The number of piperazine rings is 1. The van der Waals surface area contributed by atoms with Crippen LogP contribution < -0.4 is 4.90 Å². The van der Waals surface area contributed by atoms with Crippen molar-refractivity contribution in [2.24, 2.45) is 0 Å². The number of hydrogen-bond acceptors (Lipinski definition) is 4. The van der Waals surface area contributed by atoms with Gasteiger partial charge in [0.05, 0.1) is 5.69 Å². The molecule has 1 aliphatic rings. The minimum atomic E-state index is -0.272. The Bertz CT molecular complexity index is 1210. The van der Waals surface area contributed by atoms with Gasteiger partial charge in [0, 0.05) is 49.5 Å². The van der Waals surface area contributed by atoms with Crippen LogP contribution in [0.3, 0.4) is 0 Å². The molecule has 0 saturated carbocycles. The molecule has 1 aliphatic heterocycles. The second-order valence-electron chi connectivity index (χ2n) is 7.64. The maximum absolute atomic E-state index is 13.2. The maximum Gasteiger partial charge on any atom is 0.242 e. The summed E-state index contributed by atoms with van der Waals surface area (Å²) in [5.74, 6) is 0.667. The van der Waals surface area contributed by atoms with E-state index in [0.29, 0.717) is 32.7 Å². The third kappa shape index (κ3) is 3.99. The van der Waals surface area contributed by atoms with E-state index in [0.717, 1.165) is 28.0 Å². The summed E-state index contributed by atoms with van der Waals surface area (Å²) in [4.78, 5) is 25.6. The van der Waals surface area contributed by atoms with Gasteiger partial charge < -0.3 is 14.4 Å². The smallest absolute Gasteiger partial charge is 0.242 e. The summed E-state index contributed by atoms with van der Waals surface area (Å²) in [6, 6.07) is 18.3. The molecular formula is C24H22FN5O. The molecule has 6 nitrogen and oxygen atoms in total. The average molecular weight is 415 g/mol. The molecule has 31 heavy (non-hydrogen) atoms. The highest BCUT2D eigenvalue weighted by Gasteiger charge is 2.22. The number of carbonyl (C=O) groups is 1. The number of amides is 1. The van der Waals surface area contributed by atoms with Gasteiger partial charge in [-0.3, -0.25) is 4.79 Å². The molecule has 0 spiro atoms. The van der Waals surface area contributed by atoms with E-state index in [4.69, 9.17) is 0 Å². The lowest BCUT2D eigenvalue weighted by molar-refractivity contribution is -0.132. The molecule has 1 fully saturated rings. The molecule has 0 unspecified atom stereocenters. The fourth-order valence-corrected chi connectivity index (χ4v) is 4.01. The van der Waals surface area contributed by atoms with Crippen molar-refractivity contribution in [3.8, 4) is 11.3 Å². The number of anilines is 1. The molecule has 156 valence electrons. The van der Waals surface area contributed by atoms with Crippen LogP contribution >= 0.6 is 0 Å². The number of rotatable bonds is 4. The molecule has 0 aliphatic carbocycles. The summed E-state index contributed by atoms with van der Waals surface area (Å²) >= 11 is 0. The molecule has 0 bridgehead atoms. The monoisotopic (exact) mass is 415 g/mol. The van der Waals surface area contributed by atoms with Gasteiger partial charge in [0.25, 0.3) is 0 Å². The number of hydrogen-bond donors (Lipinski definition) is 0.